The Labute approximate surface area is 128 Å². The summed E-state index contributed by atoms with van der Waals surface area (Å²) < 4.78 is 0. The van der Waals surface area contributed by atoms with Crippen molar-refractivity contribution in [1.82, 2.24) is 9.80 Å². The van der Waals surface area contributed by atoms with Crippen molar-refractivity contribution in [1.29, 1.82) is 0 Å². The fraction of sp³-hybridized carbons (Fsp3) is 0.467. The molecule has 1 heterocycles. The second kappa shape index (κ2) is 5.75. The van der Waals surface area contributed by atoms with Crippen LogP contribution >= 0.6 is 0 Å². The average Bonchev–Trinajstić information content (AvgIpc) is 2.43. The summed E-state index contributed by atoms with van der Waals surface area (Å²) in [4.78, 5) is 38.1. The SMILES string of the molecule is CCN1C(=O)N(Cc2ccccc2[N+](=O)[O-])C(=O)CC1(C)C. The van der Waals surface area contributed by atoms with Crippen LogP contribution in [0.15, 0.2) is 24.3 Å². The van der Waals surface area contributed by atoms with Gasteiger partial charge in [-0.15, -0.1) is 0 Å². The number of nitrogens with zero attached hydrogens (tertiary/aromatic N) is 3. The number of rotatable bonds is 4. The molecule has 1 aromatic carbocycles. The Kier molecular flexibility index (Phi) is 4.16. The molecule has 7 heteroatoms. The maximum atomic E-state index is 12.5. The number of benzene rings is 1. The quantitative estimate of drug-likeness (QED) is 0.632. The van der Waals surface area contributed by atoms with Gasteiger partial charge in [0.15, 0.2) is 0 Å². The lowest BCUT2D eigenvalue weighted by atomic mass is 9.94. The Balaban J connectivity index is 2.32. The molecule has 1 saturated heterocycles. The van der Waals surface area contributed by atoms with Crippen LogP contribution in [0.3, 0.4) is 0 Å². The third-order valence-corrected chi connectivity index (χ3v) is 3.91. The zero-order valence-corrected chi connectivity index (χ0v) is 12.9. The molecule has 22 heavy (non-hydrogen) atoms. The van der Waals surface area contributed by atoms with E-state index in [4.69, 9.17) is 0 Å². The minimum absolute atomic E-state index is 0.0819. The maximum Gasteiger partial charge on any atom is 0.327 e. The van der Waals surface area contributed by atoms with Gasteiger partial charge in [-0.1, -0.05) is 18.2 Å². The van der Waals surface area contributed by atoms with Gasteiger partial charge in [-0.25, -0.2) is 4.79 Å². The molecule has 2 rings (SSSR count). The molecule has 7 nitrogen and oxygen atoms in total. The number of nitro benzene ring substituents is 1. The summed E-state index contributed by atoms with van der Waals surface area (Å²) in [5.74, 6) is -0.308. The predicted octanol–water partition coefficient (Wildman–Crippen LogP) is 2.55. The van der Waals surface area contributed by atoms with Crippen molar-refractivity contribution in [2.24, 2.45) is 0 Å². The Morgan fingerprint density at radius 1 is 1.27 bits per heavy atom. The Morgan fingerprint density at radius 2 is 1.91 bits per heavy atom. The highest BCUT2D eigenvalue weighted by molar-refractivity contribution is 5.98. The molecule has 0 saturated carbocycles. The molecular weight excluding hydrogens is 286 g/mol. The van der Waals surface area contributed by atoms with Gasteiger partial charge in [-0.3, -0.25) is 19.8 Å². The van der Waals surface area contributed by atoms with Crippen molar-refractivity contribution < 1.29 is 14.5 Å². The summed E-state index contributed by atoms with van der Waals surface area (Å²) >= 11 is 0. The van der Waals surface area contributed by atoms with Gasteiger partial charge >= 0.3 is 6.03 Å². The smallest absolute Gasteiger partial charge is 0.319 e. The number of urea groups is 1. The maximum absolute atomic E-state index is 12.5. The number of hydrogen-bond donors (Lipinski definition) is 0. The third kappa shape index (κ3) is 2.79. The second-order valence-corrected chi connectivity index (χ2v) is 5.88. The molecule has 1 aliphatic rings. The van der Waals surface area contributed by atoms with Gasteiger partial charge in [0, 0.05) is 23.7 Å². The zero-order chi connectivity index (χ0) is 16.5. The Morgan fingerprint density at radius 3 is 2.50 bits per heavy atom. The molecule has 0 unspecified atom stereocenters. The number of amides is 3. The van der Waals surface area contributed by atoms with E-state index in [0.29, 0.717) is 12.1 Å². The molecule has 118 valence electrons. The normalized spacial score (nSPS) is 17.8. The predicted molar refractivity (Wildman–Crippen MR) is 80.1 cm³/mol. The van der Waals surface area contributed by atoms with E-state index in [2.05, 4.69) is 0 Å². The Hall–Kier alpha value is -2.44. The number of hydrogen-bond acceptors (Lipinski definition) is 4. The summed E-state index contributed by atoms with van der Waals surface area (Å²) in [6, 6.07) is 5.75. The van der Waals surface area contributed by atoms with Gasteiger partial charge in [-0.2, -0.15) is 0 Å². The topological polar surface area (TPSA) is 83.8 Å². The molecule has 1 aliphatic heterocycles. The van der Waals surface area contributed by atoms with Crippen LogP contribution in [0.25, 0.3) is 0 Å². The molecule has 0 aromatic heterocycles. The lowest BCUT2D eigenvalue weighted by Gasteiger charge is -2.45. The summed E-state index contributed by atoms with van der Waals surface area (Å²) in [5.41, 5.74) is -0.275. The fourth-order valence-corrected chi connectivity index (χ4v) is 2.78. The van der Waals surface area contributed by atoms with Gasteiger partial charge in [0.25, 0.3) is 5.69 Å². The number of para-hydroxylation sites is 1. The van der Waals surface area contributed by atoms with Crippen molar-refractivity contribution >= 4 is 17.6 Å². The summed E-state index contributed by atoms with van der Waals surface area (Å²) in [5, 5.41) is 11.1. The minimum atomic E-state index is -0.540. The second-order valence-electron chi connectivity index (χ2n) is 5.88. The van der Waals surface area contributed by atoms with Crippen LogP contribution in [0, 0.1) is 10.1 Å². The molecule has 0 spiro atoms. The highest BCUT2D eigenvalue weighted by Crippen LogP contribution is 2.29. The van der Waals surface area contributed by atoms with E-state index in [-0.39, 0.29) is 24.6 Å². The van der Waals surface area contributed by atoms with Crippen LogP contribution < -0.4 is 0 Å². The van der Waals surface area contributed by atoms with E-state index >= 15 is 0 Å². The van der Waals surface area contributed by atoms with Gasteiger partial charge in [0.1, 0.15) is 0 Å². The van der Waals surface area contributed by atoms with E-state index in [1.807, 2.05) is 20.8 Å². The van der Waals surface area contributed by atoms with Gasteiger partial charge < -0.3 is 4.90 Å². The average molecular weight is 305 g/mol. The minimum Gasteiger partial charge on any atom is -0.319 e. The van der Waals surface area contributed by atoms with Gasteiger partial charge in [0.05, 0.1) is 17.9 Å². The monoisotopic (exact) mass is 305 g/mol. The standard InChI is InChI=1S/C15H19N3O4/c1-4-17-14(20)16(13(19)9-15(17,2)3)10-11-7-5-6-8-12(11)18(21)22/h5-8H,4,9-10H2,1-3H3. The number of carbonyl (C=O) groups excluding carboxylic acids is 2. The summed E-state index contributed by atoms with van der Waals surface area (Å²) in [6.45, 7) is 5.93. The van der Waals surface area contributed by atoms with Gasteiger partial charge in [-0.05, 0) is 20.8 Å². The molecule has 0 N–H and O–H groups in total. The molecule has 0 aliphatic carbocycles. The van der Waals surface area contributed by atoms with Crippen molar-refractivity contribution in [2.45, 2.75) is 39.3 Å². The molecule has 0 atom stereocenters. The first-order valence-electron chi connectivity index (χ1n) is 7.12. The van der Waals surface area contributed by atoms with Crippen molar-refractivity contribution in [3.63, 3.8) is 0 Å². The highest BCUT2D eigenvalue weighted by Gasteiger charge is 2.43. The van der Waals surface area contributed by atoms with Crippen molar-refractivity contribution in [2.75, 3.05) is 6.54 Å². The summed E-state index contributed by atoms with van der Waals surface area (Å²) in [7, 11) is 0. The van der Waals surface area contributed by atoms with E-state index in [9.17, 15) is 19.7 Å². The molecule has 3 amide bonds. The first-order valence-corrected chi connectivity index (χ1v) is 7.12. The summed E-state index contributed by atoms with van der Waals surface area (Å²) in [6.07, 6.45) is 0.202. The van der Waals surface area contributed by atoms with Gasteiger partial charge in [0.2, 0.25) is 5.91 Å². The molecule has 0 bridgehead atoms. The first-order chi connectivity index (χ1) is 10.3. The lowest BCUT2D eigenvalue weighted by Crippen LogP contribution is -2.61. The van der Waals surface area contributed by atoms with Crippen molar-refractivity contribution in [3.05, 3.63) is 39.9 Å². The van der Waals surface area contributed by atoms with Crippen LogP contribution in [0.2, 0.25) is 0 Å². The van der Waals surface area contributed by atoms with E-state index in [1.165, 1.54) is 6.07 Å². The molecule has 1 aromatic rings. The molecule has 1 fully saturated rings. The molecule has 0 radical (unpaired) electrons. The number of nitro groups is 1. The van der Waals surface area contributed by atoms with Crippen LogP contribution in [-0.4, -0.2) is 38.7 Å². The van der Waals surface area contributed by atoms with E-state index in [1.54, 1.807) is 23.1 Å². The van der Waals surface area contributed by atoms with E-state index < -0.39 is 16.5 Å². The number of carbonyl (C=O) groups is 2. The highest BCUT2D eigenvalue weighted by atomic mass is 16.6. The van der Waals surface area contributed by atoms with Crippen LogP contribution in [0.4, 0.5) is 10.5 Å². The first kappa shape index (κ1) is 15.9. The zero-order valence-electron chi connectivity index (χ0n) is 12.9. The fourth-order valence-electron chi connectivity index (χ4n) is 2.78. The van der Waals surface area contributed by atoms with Crippen LogP contribution in [0.1, 0.15) is 32.8 Å². The Bertz CT molecular complexity index is 627. The van der Waals surface area contributed by atoms with Crippen molar-refractivity contribution in [3.8, 4) is 0 Å². The number of imide groups is 1. The molecular formula is C15H19N3O4. The van der Waals surface area contributed by atoms with Crippen LogP contribution in [0.5, 0.6) is 0 Å². The lowest BCUT2D eigenvalue weighted by molar-refractivity contribution is -0.385. The van der Waals surface area contributed by atoms with E-state index in [0.717, 1.165) is 4.90 Å². The largest absolute Gasteiger partial charge is 0.327 e. The van der Waals surface area contributed by atoms with Crippen LogP contribution in [-0.2, 0) is 11.3 Å². The third-order valence-electron chi connectivity index (χ3n) is 3.91.